The van der Waals surface area contributed by atoms with Crippen LogP contribution in [0.3, 0.4) is 0 Å². The third-order valence-electron chi connectivity index (χ3n) is 6.78. The van der Waals surface area contributed by atoms with E-state index in [-0.39, 0.29) is 17.7 Å². The molecule has 0 spiro atoms. The molecule has 1 saturated carbocycles. The maximum atomic E-state index is 14.1. The molecular weight excluding hydrogens is 504 g/mol. The van der Waals surface area contributed by atoms with Crippen LogP contribution in [0.25, 0.3) is 0 Å². The molecule has 0 saturated heterocycles. The molecule has 1 atom stereocenters. The lowest BCUT2D eigenvalue weighted by Gasteiger charge is -2.32. The first-order valence-corrected chi connectivity index (χ1v) is 12.6. The van der Waals surface area contributed by atoms with Crippen LogP contribution in [0.1, 0.15) is 47.8 Å². The van der Waals surface area contributed by atoms with E-state index in [9.17, 15) is 9.59 Å². The Bertz CT molecular complexity index is 1240. The molecule has 10 nitrogen and oxygen atoms in total. The van der Waals surface area contributed by atoms with Crippen LogP contribution in [0.15, 0.2) is 53.1 Å². The van der Waals surface area contributed by atoms with Gasteiger partial charge in [-0.25, -0.2) is 0 Å². The molecule has 208 valence electrons. The molecule has 1 fully saturated rings. The SMILES string of the molecule is COc1cc(OC)cc(N(C(=O)c2ccco2)[C@@H](C(=O)NC2CCCC2)c2cc(OC)c(OC)c(OC)c2)c1. The highest BCUT2D eigenvalue weighted by Crippen LogP contribution is 2.43. The number of rotatable bonds is 11. The van der Waals surface area contributed by atoms with E-state index in [1.807, 2.05) is 0 Å². The largest absolute Gasteiger partial charge is 0.497 e. The fourth-order valence-corrected chi connectivity index (χ4v) is 4.86. The molecule has 10 heteroatoms. The van der Waals surface area contributed by atoms with Crippen LogP contribution in [0.5, 0.6) is 28.7 Å². The number of hydrogen-bond donors (Lipinski definition) is 1. The van der Waals surface area contributed by atoms with Gasteiger partial charge < -0.3 is 33.4 Å². The van der Waals surface area contributed by atoms with Gasteiger partial charge in [0.25, 0.3) is 5.91 Å². The Hall–Kier alpha value is -4.34. The van der Waals surface area contributed by atoms with Crippen LogP contribution in [0, 0.1) is 0 Å². The third-order valence-corrected chi connectivity index (χ3v) is 6.78. The van der Waals surface area contributed by atoms with Crippen molar-refractivity contribution >= 4 is 17.5 Å². The summed E-state index contributed by atoms with van der Waals surface area (Å²) in [6, 6.07) is 10.4. The van der Waals surface area contributed by atoms with E-state index in [1.54, 1.807) is 42.5 Å². The molecule has 0 aliphatic heterocycles. The van der Waals surface area contributed by atoms with Gasteiger partial charge in [0.15, 0.2) is 17.3 Å². The Balaban J connectivity index is 1.95. The number of nitrogens with zero attached hydrogens (tertiary/aromatic N) is 1. The fraction of sp³-hybridized carbons (Fsp3) is 0.379. The maximum absolute atomic E-state index is 14.1. The second-order valence-electron chi connectivity index (χ2n) is 9.07. The Labute approximate surface area is 227 Å². The molecule has 1 N–H and O–H groups in total. The van der Waals surface area contributed by atoms with Crippen molar-refractivity contribution in [1.29, 1.82) is 0 Å². The standard InChI is InChI=1S/C29H34N2O8/c1-34-21-15-20(16-22(17-21)35-2)31(29(33)23-11-8-12-39-23)26(28(32)30-19-9-6-7-10-19)18-13-24(36-3)27(38-5)25(14-18)37-4/h8,11-17,19,26H,6-7,9-10H2,1-5H3,(H,30,32)/t26-/m1/s1. The molecular formula is C29H34N2O8. The summed E-state index contributed by atoms with van der Waals surface area (Å²) in [6.45, 7) is 0. The van der Waals surface area contributed by atoms with Gasteiger partial charge in [-0.15, -0.1) is 0 Å². The normalized spacial score (nSPS) is 13.9. The number of nitrogens with one attached hydrogen (secondary N) is 1. The second kappa shape index (κ2) is 12.5. The van der Waals surface area contributed by atoms with Crippen molar-refractivity contribution in [3.8, 4) is 28.7 Å². The third kappa shape index (κ3) is 5.89. The van der Waals surface area contributed by atoms with E-state index in [4.69, 9.17) is 28.1 Å². The second-order valence-corrected chi connectivity index (χ2v) is 9.07. The number of hydrogen-bond acceptors (Lipinski definition) is 8. The number of benzene rings is 2. The average molecular weight is 539 g/mol. The van der Waals surface area contributed by atoms with E-state index >= 15 is 0 Å². The Kier molecular flexibility index (Phi) is 8.85. The topological polar surface area (TPSA) is 109 Å². The van der Waals surface area contributed by atoms with Crippen LogP contribution in [-0.2, 0) is 4.79 Å². The number of methoxy groups -OCH3 is 5. The Morgan fingerprint density at radius 1 is 0.872 bits per heavy atom. The molecule has 3 aromatic rings. The predicted octanol–water partition coefficient (Wildman–Crippen LogP) is 4.77. The van der Waals surface area contributed by atoms with Crippen molar-refractivity contribution in [3.05, 3.63) is 60.1 Å². The summed E-state index contributed by atoms with van der Waals surface area (Å²) >= 11 is 0. The van der Waals surface area contributed by atoms with E-state index in [0.717, 1.165) is 25.7 Å². The van der Waals surface area contributed by atoms with Crippen LogP contribution >= 0.6 is 0 Å². The van der Waals surface area contributed by atoms with Crippen LogP contribution in [0.2, 0.25) is 0 Å². The first kappa shape index (κ1) is 27.7. The molecule has 4 rings (SSSR count). The van der Waals surface area contributed by atoms with E-state index in [1.165, 1.54) is 46.7 Å². The molecule has 0 unspecified atom stereocenters. The first-order chi connectivity index (χ1) is 18.9. The lowest BCUT2D eigenvalue weighted by molar-refractivity contribution is -0.123. The summed E-state index contributed by atoms with van der Waals surface area (Å²) in [4.78, 5) is 29.6. The van der Waals surface area contributed by atoms with Gasteiger partial charge in [0, 0.05) is 24.2 Å². The maximum Gasteiger partial charge on any atom is 0.294 e. The molecule has 0 bridgehead atoms. The molecule has 1 aliphatic carbocycles. The van der Waals surface area contributed by atoms with Gasteiger partial charge in [0.2, 0.25) is 11.7 Å². The minimum Gasteiger partial charge on any atom is -0.497 e. The summed E-state index contributed by atoms with van der Waals surface area (Å²) in [5.74, 6) is 1.11. The van der Waals surface area contributed by atoms with Crippen molar-refractivity contribution < 1.29 is 37.7 Å². The highest BCUT2D eigenvalue weighted by atomic mass is 16.5. The summed E-state index contributed by atoms with van der Waals surface area (Å²) in [7, 11) is 7.52. The monoisotopic (exact) mass is 538 g/mol. The number of ether oxygens (including phenoxy) is 5. The van der Waals surface area contributed by atoms with Gasteiger partial charge in [-0.05, 0) is 42.7 Å². The number of carbonyl (C=O) groups is 2. The molecule has 2 aromatic carbocycles. The van der Waals surface area contributed by atoms with Crippen molar-refractivity contribution in [1.82, 2.24) is 5.32 Å². The van der Waals surface area contributed by atoms with Gasteiger partial charge in [0.1, 0.15) is 17.5 Å². The van der Waals surface area contributed by atoms with Gasteiger partial charge in [0.05, 0.1) is 47.5 Å². The molecule has 2 amide bonds. The van der Waals surface area contributed by atoms with Crippen molar-refractivity contribution in [3.63, 3.8) is 0 Å². The van der Waals surface area contributed by atoms with Crippen molar-refractivity contribution in [2.24, 2.45) is 0 Å². The van der Waals surface area contributed by atoms with Crippen LogP contribution in [-0.4, -0.2) is 53.4 Å². The minimum absolute atomic E-state index is 0.00227. The van der Waals surface area contributed by atoms with Gasteiger partial charge in [-0.2, -0.15) is 0 Å². The zero-order valence-electron chi connectivity index (χ0n) is 22.8. The molecule has 1 aromatic heterocycles. The predicted molar refractivity (Wildman–Crippen MR) is 144 cm³/mol. The zero-order chi connectivity index (χ0) is 27.9. The van der Waals surface area contributed by atoms with Gasteiger partial charge >= 0.3 is 0 Å². The number of furan rings is 1. The van der Waals surface area contributed by atoms with E-state index in [2.05, 4.69) is 5.32 Å². The summed E-state index contributed by atoms with van der Waals surface area (Å²) < 4.78 is 33.1. The highest BCUT2D eigenvalue weighted by Gasteiger charge is 2.37. The smallest absolute Gasteiger partial charge is 0.294 e. The average Bonchev–Trinajstić information content (AvgIpc) is 3.69. The molecule has 1 heterocycles. The Morgan fingerprint density at radius 3 is 1.97 bits per heavy atom. The number of carbonyl (C=O) groups excluding carboxylic acids is 2. The quantitative estimate of drug-likeness (QED) is 0.372. The molecule has 39 heavy (non-hydrogen) atoms. The number of amides is 2. The van der Waals surface area contributed by atoms with E-state index in [0.29, 0.717) is 40.0 Å². The summed E-state index contributed by atoms with van der Waals surface area (Å²) in [6.07, 6.45) is 5.20. The lowest BCUT2D eigenvalue weighted by Crippen LogP contribution is -2.46. The zero-order valence-corrected chi connectivity index (χ0v) is 22.8. The Morgan fingerprint density at radius 2 is 1.49 bits per heavy atom. The fourth-order valence-electron chi connectivity index (χ4n) is 4.86. The summed E-state index contributed by atoms with van der Waals surface area (Å²) in [5.41, 5.74) is 0.814. The minimum atomic E-state index is -1.14. The lowest BCUT2D eigenvalue weighted by atomic mass is 10.0. The summed E-state index contributed by atoms with van der Waals surface area (Å²) in [5, 5.41) is 3.15. The van der Waals surface area contributed by atoms with Crippen LogP contribution in [0.4, 0.5) is 5.69 Å². The van der Waals surface area contributed by atoms with Crippen molar-refractivity contribution in [2.45, 2.75) is 37.8 Å². The van der Waals surface area contributed by atoms with E-state index < -0.39 is 11.9 Å². The van der Waals surface area contributed by atoms with Crippen LogP contribution < -0.4 is 33.9 Å². The van der Waals surface area contributed by atoms with Gasteiger partial charge in [-0.1, -0.05) is 12.8 Å². The number of anilines is 1. The van der Waals surface area contributed by atoms with Crippen molar-refractivity contribution in [2.75, 3.05) is 40.4 Å². The highest BCUT2D eigenvalue weighted by molar-refractivity contribution is 6.09. The molecule has 0 radical (unpaired) electrons. The first-order valence-electron chi connectivity index (χ1n) is 12.6. The molecule has 1 aliphatic rings. The van der Waals surface area contributed by atoms with Gasteiger partial charge in [-0.3, -0.25) is 14.5 Å².